The molecule has 1 rings (SSSR count). The van der Waals surface area contributed by atoms with Gasteiger partial charge in [0.2, 0.25) is 0 Å². The second kappa shape index (κ2) is 6.78. The number of alkyl halides is 4. The molecule has 1 aromatic carbocycles. The minimum atomic E-state index is -4.44. The topological polar surface area (TPSA) is 47.6 Å². The molecule has 0 saturated heterocycles. The van der Waals surface area contributed by atoms with Gasteiger partial charge >= 0.3 is 6.18 Å². The number of rotatable bonds is 5. The largest absolute Gasteiger partial charge is 0.389 e. The lowest BCUT2D eigenvalue weighted by Gasteiger charge is -2.20. The van der Waals surface area contributed by atoms with Gasteiger partial charge in [0.1, 0.15) is 12.1 Å². The monoisotopic (exact) mass is 318 g/mol. The summed E-state index contributed by atoms with van der Waals surface area (Å²) in [5, 5.41) is 18.3. The maximum atomic E-state index is 12.5. The predicted molar refractivity (Wildman–Crippen MR) is 68.9 cm³/mol. The number of hydrogen-bond donors (Lipinski definition) is 0. The lowest BCUT2D eigenvalue weighted by Crippen LogP contribution is -2.23. The number of benzene rings is 1. The highest BCUT2D eigenvalue weighted by molar-refractivity contribution is 6.31. The van der Waals surface area contributed by atoms with E-state index in [9.17, 15) is 17.6 Å². The van der Waals surface area contributed by atoms with Crippen LogP contribution in [-0.4, -0.2) is 6.18 Å². The van der Waals surface area contributed by atoms with Gasteiger partial charge in [-0.3, -0.25) is 0 Å². The molecular weight excluding hydrogens is 308 g/mol. The third-order valence-electron chi connectivity index (χ3n) is 3.03. The molecule has 0 aliphatic rings. The molecule has 2 nitrogen and oxygen atoms in total. The number of halogens is 5. The Balaban J connectivity index is 2.99. The molecule has 1 aromatic rings. The first kappa shape index (κ1) is 17.3. The molecule has 0 aromatic heterocycles. The highest BCUT2D eigenvalue weighted by Crippen LogP contribution is 2.35. The molecular formula is C14H11ClF4N2. The van der Waals surface area contributed by atoms with E-state index in [1.807, 2.05) is 0 Å². The third kappa shape index (κ3) is 4.91. The molecule has 0 spiro atoms. The van der Waals surface area contributed by atoms with E-state index >= 15 is 0 Å². The Morgan fingerprint density at radius 2 is 1.71 bits per heavy atom. The standard InChI is InChI=1S/C14H11ClF4N2/c15-12-5-10(7-16)1-2-11(12)6-13(8-20,9-21)3-4-14(17,18)19/h1-2,5H,3-4,6-7H2. The van der Waals surface area contributed by atoms with Crippen molar-refractivity contribution in [3.8, 4) is 12.1 Å². The van der Waals surface area contributed by atoms with Crippen molar-refractivity contribution < 1.29 is 17.6 Å². The van der Waals surface area contributed by atoms with Crippen molar-refractivity contribution in [3.63, 3.8) is 0 Å². The number of nitrogens with zero attached hydrogens (tertiary/aromatic N) is 2. The van der Waals surface area contributed by atoms with Crippen LogP contribution in [0.15, 0.2) is 18.2 Å². The Morgan fingerprint density at radius 1 is 1.10 bits per heavy atom. The van der Waals surface area contributed by atoms with Gasteiger partial charge in [-0.25, -0.2) is 4.39 Å². The maximum Gasteiger partial charge on any atom is 0.389 e. The molecule has 0 N–H and O–H groups in total. The summed E-state index contributed by atoms with van der Waals surface area (Å²) >= 11 is 5.91. The first-order chi connectivity index (χ1) is 9.75. The van der Waals surface area contributed by atoms with Crippen LogP contribution < -0.4 is 0 Å². The van der Waals surface area contributed by atoms with Gasteiger partial charge in [0.15, 0.2) is 0 Å². The number of nitriles is 2. The van der Waals surface area contributed by atoms with Crippen molar-refractivity contribution in [1.29, 1.82) is 10.5 Å². The van der Waals surface area contributed by atoms with Crippen molar-refractivity contribution in [2.75, 3.05) is 0 Å². The first-order valence-corrected chi connectivity index (χ1v) is 6.35. The summed E-state index contributed by atoms with van der Waals surface area (Å²) in [5.74, 6) is 0. The SMILES string of the molecule is N#CC(C#N)(CCC(F)(F)F)Cc1ccc(CF)cc1Cl. The van der Waals surface area contributed by atoms with Crippen LogP contribution in [0.4, 0.5) is 17.6 Å². The van der Waals surface area contributed by atoms with E-state index in [4.69, 9.17) is 22.1 Å². The van der Waals surface area contributed by atoms with Crippen LogP contribution in [0.25, 0.3) is 0 Å². The predicted octanol–water partition coefficient (Wildman–Crippen LogP) is 4.73. The van der Waals surface area contributed by atoms with E-state index in [0.29, 0.717) is 11.1 Å². The molecule has 0 amide bonds. The van der Waals surface area contributed by atoms with Crippen molar-refractivity contribution >= 4 is 11.6 Å². The van der Waals surface area contributed by atoms with Gasteiger partial charge < -0.3 is 0 Å². The molecule has 0 aliphatic heterocycles. The summed E-state index contributed by atoms with van der Waals surface area (Å²) < 4.78 is 49.3. The molecule has 112 valence electrons. The van der Waals surface area contributed by atoms with E-state index in [1.54, 1.807) is 12.1 Å². The highest BCUT2D eigenvalue weighted by Gasteiger charge is 2.37. The molecule has 21 heavy (non-hydrogen) atoms. The van der Waals surface area contributed by atoms with Crippen LogP contribution >= 0.6 is 11.6 Å². The van der Waals surface area contributed by atoms with Gasteiger partial charge in [-0.2, -0.15) is 23.7 Å². The van der Waals surface area contributed by atoms with Crippen LogP contribution in [0, 0.1) is 28.1 Å². The van der Waals surface area contributed by atoms with E-state index in [-0.39, 0.29) is 11.4 Å². The molecule has 0 atom stereocenters. The van der Waals surface area contributed by atoms with Crippen LogP contribution in [0.1, 0.15) is 24.0 Å². The van der Waals surface area contributed by atoms with Crippen LogP contribution in [0.2, 0.25) is 5.02 Å². The third-order valence-corrected chi connectivity index (χ3v) is 3.38. The van der Waals surface area contributed by atoms with Crippen LogP contribution in [0.3, 0.4) is 0 Å². The van der Waals surface area contributed by atoms with Gasteiger partial charge in [0, 0.05) is 17.9 Å². The average molecular weight is 319 g/mol. The molecule has 0 bridgehead atoms. The van der Waals surface area contributed by atoms with Gasteiger partial charge in [0.25, 0.3) is 0 Å². The fourth-order valence-corrected chi connectivity index (χ4v) is 2.07. The second-order valence-electron chi connectivity index (χ2n) is 4.66. The summed E-state index contributed by atoms with van der Waals surface area (Å²) in [7, 11) is 0. The van der Waals surface area contributed by atoms with Crippen molar-refractivity contribution in [2.45, 2.75) is 32.1 Å². The Bertz CT molecular complexity index is 570. The summed E-state index contributed by atoms with van der Waals surface area (Å²) in [6.07, 6.45) is -6.54. The summed E-state index contributed by atoms with van der Waals surface area (Å²) in [5.41, 5.74) is -1.14. The molecule has 0 fully saturated rings. The zero-order valence-corrected chi connectivity index (χ0v) is 11.6. The molecule has 0 unspecified atom stereocenters. The summed E-state index contributed by atoms with van der Waals surface area (Å²) in [6, 6.07) is 7.48. The van der Waals surface area contributed by atoms with E-state index in [2.05, 4.69) is 0 Å². The quantitative estimate of drug-likeness (QED) is 0.737. The minimum Gasteiger partial charge on any atom is -0.246 e. The second-order valence-corrected chi connectivity index (χ2v) is 5.06. The van der Waals surface area contributed by atoms with E-state index < -0.39 is 31.1 Å². The minimum absolute atomic E-state index is 0.132. The Morgan fingerprint density at radius 3 is 2.14 bits per heavy atom. The maximum absolute atomic E-state index is 12.5. The fourth-order valence-electron chi connectivity index (χ4n) is 1.80. The molecule has 0 aliphatic carbocycles. The zero-order valence-electron chi connectivity index (χ0n) is 10.8. The molecule has 0 saturated carbocycles. The first-order valence-electron chi connectivity index (χ1n) is 5.98. The Labute approximate surface area is 124 Å². The van der Waals surface area contributed by atoms with Crippen LogP contribution in [-0.2, 0) is 13.1 Å². The normalized spacial score (nSPS) is 11.8. The van der Waals surface area contributed by atoms with Gasteiger partial charge in [-0.15, -0.1) is 0 Å². The lowest BCUT2D eigenvalue weighted by atomic mass is 9.80. The fraction of sp³-hybridized carbons (Fsp3) is 0.429. The van der Waals surface area contributed by atoms with E-state index in [0.717, 1.165) is 0 Å². The van der Waals surface area contributed by atoms with Gasteiger partial charge in [-0.05, 0) is 23.6 Å². The summed E-state index contributed by atoms with van der Waals surface area (Å²) in [4.78, 5) is 0. The van der Waals surface area contributed by atoms with Crippen LogP contribution in [0.5, 0.6) is 0 Å². The van der Waals surface area contributed by atoms with Crippen molar-refractivity contribution in [1.82, 2.24) is 0 Å². The number of hydrogen-bond acceptors (Lipinski definition) is 2. The van der Waals surface area contributed by atoms with Gasteiger partial charge in [-0.1, -0.05) is 23.7 Å². The zero-order chi connectivity index (χ0) is 16.1. The smallest absolute Gasteiger partial charge is 0.246 e. The lowest BCUT2D eigenvalue weighted by molar-refractivity contribution is -0.138. The van der Waals surface area contributed by atoms with Crippen molar-refractivity contribution in [2.24, 2.45) is 5.41 Å². The van der Waals surface area contributed by atoms with Crippen molar-refractivity contribution in [3.05, 3.63) is 34.3 Å². The molecule has 7 heteroatoms. The van der Waals surface area contributed by atoms with Gasteiger partial charge in [0.05, 0.1) is 12.1 Å². The molecule has 0 heterocycles. The van der Waals surface area contributed by atoms with E-state index in [1.165, 1.54) is 18.2 Å². The molecule has 0 radical (unpaired) electrons. The summed E-state index contributed by atoms with van der Waals surface area (Å²) in [6.45, 7) is -0.726. The average Bonchev–Trinajstić information content (AvgIpc) is 2.44. The Kier molecular flexibility index (Phi) is 5.57. The Hall–Kier alpha value is -1.79. The highest BCUT2D eigenvalue weighted by atomic mass is 35.5.